The molecule has 1 aromatic carbocycles. The summed E-state index contributed by atoms with van der Waals surface area (Å²) in [6.45, 7) is 2.76. The lowest BCUT2D eigenvalue weighted by atomic mass is 10.3. The van der Waals surface area contributed by atoms with Gasteiger partial charge >= 0.3 is 0 Å². The largest absolute Gasteiger partial charge is 0.355 e. The van der Waals surface area contributed by atoms with Crippen molar-refractivity contribution in [1.82, 2.24) is 20.1 Å². The van der Waals surface area contributed by atoms with Gasteiger partial charge in [-0.3, -0.25) is 4.79 Å². The maximum Gasteiger partial charge on any atom is 0.230 e. The Hall–Kier alpha value is -1.82. The van der Waals surface area contributed by atoms with E-state index in [2.05, 4.69) is 15.4 Å². The molecule has 2 aromatic rings. The topological polar surface area (TPSA) is 59.8 Å². The number of rotatable bonds is 7. The Bertz CT molecular complexity index is 637. The van der Waals surface area contributed by atoms with E-state index in [0.29, 0.717) is 16.8 Å². The SMILES string of the molecule is CCCNC(=O)CSc1nc(C2CC2)n(-c2ccccc2)n1. The molecule has 1 aliphatic rings. The van der Waals surface area contributed by atoms with Gasteiger partial charge in [0.2, 0.25) is 11.1 Å². The van der Waals surface area contributed by atoms with Gasteiger partial charge in [-0.2, -0.15) is 0 Å². The average molecular weight is 316 g/mol. The molecule has 1 heterocycles. The Balaban J connectivity index is 1.72. The number of para-hydroxylation sites is 1. The zero-order valence-corrected chi connectivity index (χ0v) is 13.5. The number of benzene rings is 1. The summed E-state index contributed by atoms with van der Waals surface area (Å²) < 4.78 is 1.92. The molecule has 1 N–H and O–H groups in total. The van der Waals surface area contributed by atoms with E-state index in [0.717, 1.165) is 24.5 Å². The first-order valence-corrected chi connectivity index (χ1v) is 8.68. The maximum atomic E-state index is 11.7. The van der Waals surface area contributed by atoms with Gasteiger partial charge in [-0.15, -0.1) is 5.10 Å². The van der Waals surface area contributed by atoms with Crippen molar-refractivity contribution in [2.24, 2.45) is 0 Å². The Labute approximate surface area is 134 Å². The molecule has 0 aliphatic heterocycles. The van der Waals surface area contributed by atoms with E-state index < -0.39 is 0 Å². The number of hydrogen-bond acceptors (Lipinski definition) is 4. The molecule has 1 fully saturated rings. The third-order valence-electron chi connectivity index (χ3n) is 3.46. The maximum absolute atomic E-state index is 11.7. The Morgan fingerprint density at radius 2 is 2.14 bits per heavy atom. The fourth-order valence-corrected chi connectivity index (χ4v) is 2.84. The minimum absolute atomic E-state index is 0.0379. The lowest BCUT2D eigenvalue weighted by Crippen LogP contribution is -2.25. The van der Waals surface area contributed by atoms with Crippen molar-refractivity contribution in [2.45, 2.75) is 37.3 Å². The number of nitrogens with zero attached hydrogens (tertiary/aromatic N) is 3. The zero-order chi connectivity index (χ0) is 15.4. The number of carbonyl (C=O) groups is 1. The highest BCUT2D eigenvalue weighted by Crippen LogP contribution is 2.40. The predicted molar refractivity (Wildman–Crippen MR) is 87.4 cm³/mol. The van der Waals surface area contributed by atoms with Gasteiger partial charge in [-0.1, -0.05) is 36.9 Å². The van der Waals surface area contributed by atoms with E-state index in [4.69, 9.17) is 0 Å². The molecule has 1 saturated carbocycles. The van der Waals surface area contributed by atoms with E-state index in [1.165, 1.54) is 24.6 Å². The van der Waals surface area contributed by atoms with Crippen molar-refractivity contribution in [3.63, 3.8) is 0 Å². The molecule has 0 bridgehead atoms. The Kier molecular flexibility index (Phi) is 4.77. The van der Waals surface area contributed by atoms with Crippen LogP contribution in [0.15, 0.2) is 35.5 Å². The van der Waals surface area contributed by atoms with Crippen molar-refractivity contribution in [2.75, 3.05) is 12.3 Å². The van der Waals surface area contributed by atoms with Crippen LogP contribution in [0.4, 0.5) is 0 Å². The van der Waals surface area contributed by atoms with Gasteiger partial charge in [0.05, 0.1) is 11.4 Å². The molecular formula is C16H20N4OS. The van der Waals surface area contributed by atoms with Crippen LogP contribution in [0.3, 0.4) is 0 Å². The zero-order valence-electron chi connectivity index (χ0n) is 12.7. The molecule has 3 rings (SSSR count). The van der Waals surface area contributed by atoms with E-state index in [-0.39, 0.29) is 5.91 Å². The smallest absolute Gasteiger partial charge is 0.230 e. The van der Waals surface area contributed by atoms with Gasteiger partial charge in [0.15, 0.2) is 0 Å². The van der Waals surface area contributed by atoms with Crippen molar-refractivity contribution in [1.29, 1.82) is 0 Å². The summed E-state index contributed by atoms with van der Waals surface area (Å²) in [6, 6.07) is 10.0. The van der Waals surface area contributed by atoms with Crippen LogP contribution in [0, 0.1) is 0 Å². The highest BCUT2D eigenvalue weighted by molar-refractivity contribution is 7.99. The van der Waals surface area contributed by atoms with Crippen LogP contribution in [-0.2, 0) is 4.79 Å². The molecule has 5 nitrogen and oxygen atoms in total. The first-order valence-electron chi connectivity index (χ1n) is 7.70. The van der Waals surface area contributed by atoms with Crippen LogP contribution in [0.2, 0.25) is 0 Å². The average Bonchev–Trinajstić information content (AvgIpc) is 3.31. The summed E-state index contributed by atoms with van der Waals surface area (Å²) in [6.07, 6.45) is 3.29. The molecule has 0 unspecified atom stereocenters. The molecule has 0 radical (unpaired) electrons. The van der Waals surface area contributed by atoms with Crippen molar-refractivity contribution in [3.05, 3.63) is 36.2 Å². The third kappa shape index (κ3) is 3.68. The fourth-order valence-electron chi connectivity index (χ4n) is 2.18. The summed E-state index contributed by atoms with van der Waals surface area (Å²) in [4.78, 5) is 16.3. The summed E-state index contributed by atoms with van der Waals surface area (Å²) in [7, 11) is 0. The molecule has 22 heavy (non-hydrogen) atoms. The highest BCUT2D eigenvalue weighted by Gasteiger charge is 2.30. The van der Waals surface area contributed by atoms with E-state index in [9.17, 15) is 4.79 Å². The first-order chi connectivity index (χ1) is 10.8. The normalized spacial score (nSPS) is 14.0. The monoisotopic (exact) mass is 316 g/mol. The standard InChI is InChI=1S/C16H20N4OS/c1-2-10-17-14(21)11-22-16-18-15(12-8-9-12)20(19-16)13-6-4-3-5-7-13/h3-7,12H,2,8-11H2,1H3,(H,17,21). The number of carbonyl (C=O) groups excluding carboxylic acids is 1. The van der Waals surface area contributed by atoms with Gasteiger partial charge in [-0.25, -0.2) is 9.67 Å². The quantitative estimate of drug-likeness (QED) is 0.798. The second-order valence-electron chi connectivity index (χ2n) is 5.41. The lowest BCUT2D eigenvalue weighted by Gasteiger charge is -2.03. The summed E-state index contributed by atoms with van der Waals surface area (Å²) >= 11 is 1.40. The molecular weight excluding hydrogens is 296 g/mol. The fraction of sp³-hybridized carbons (Fsp3) is 0.438. The van der Waals surface area contributed by atoms with E-state index in [1.54, 1.807) is 0 Å². The second-order valence-corrected chi connectivity index (χ2v) is 6.36. The third-order valence-corrected chi connectivity index (χ3v) is 4.30. The van der Waals surface area contributed by atoms with Gasteiger partial charge in [0.25, 0.3) is 0 Å². The molecule has 6 heteroatoms. The molecule has 0 spiro atoms. The highest BCUT2D eigenvalue weighted by atomic mass is 32.2. The summed E-state index contributed by atoms with van der Waals surface area (Å²) in [5.74, 6) is 1.93. The van der Waals surface area contributed by atoms with Crippen LogP contribution >= 0.6 is 11.8 Å². The molecule has 0 atom stereocenters. The number of hydrogen-bond donors (Lipinski definition) is 1. The van der Waals surface area contributed by atoms with Crippen LogP contribution in [0.1, 0.15) is 37.9 Å². The minimum Gasteiger partial charge on any atom is -0.355 e. The number of nitrogens with one attached hydrogen (secondary N) is 1. The Morgan fingerprint density at radius 3 is 2.82 bits per heavy atom. The molecule has 0 saturated heterocycles. The number of amides is 1. The van der Waals surface area contributed by atoms with Crippen LogP contribution in [-0.4, -0.2) is 33.0 Å². The van der Waals surface area contributed by atoms with Crippen molar-refractivity contribution >= 4 is 17.7 Å². The van der Waals surface area contributed by atoms with Crippen LogP contribution in [0.5, 0.6) is 0 Å². The molecule has 1 aliphatic carbocycles. The van der Waals surface area contributed by atoms with Crippen molar-refractivity contribution < 1.29 is 4.79 Å². The van der Waals surface area contributed by atoms with Gasteiger partial charge < -0.3 is 5.32 Å². The van der Waals surface area contributed by atoms with E-state index >= 15 is 0 Å². The number of aromatic nitrogens is 3. The second kappa shape index (κ2) is 6.96. The van der Waals surface area contributed by atoms with Gasteiger partial charge in [0, 0.05) is 12.5 Å². The lowest BCUT2D eigenvalue weighted by molar-refractivity contribution is -0.118. The van der Waals surface area contributed by atoms with Gasteiger partial charge in [0.1, 0.15) is 5.82 Å². The van der Waals surface area contributed by atoms with Crippen LogP contribution in [0.25, 0.3) is 5.69 Å². The molecule has 1 amide bonds. The molecule has 1 aromatic heterocycles. The van der Waals surface area contributed by atoms with Crippen molar-refractivity contribution in [3.8, 4) is 5.69 Å². The minimum atomic E-state index is 0.0379. The van der Waals surface area contributed by atoms with Crippen LogP contribution < -0.4 is 5.32 Å². The van der Waals surface area contributed by atoms with E-state index in [1.807, 2.05) is 41.9 Å². The first kappa shape index (κ1) is 15.1. The summed E-state index contributed by atoms with van der Waals surface area (Å²) in [5, 5.41) is 8.13. The predicted octanol–water partition coefficient (Wildman–Crippen LogP) is 2.76. The summed E-state index contributed by atoms with van der Waals surface area (Å²) in [5.41, 5.74) is 1.03. The number of thioether (sulfide) groups is 1. The molecule has 116 valence electrons. The van der Waals surface area contributed by atoms with Gasteiger partial charge in [-0.05, 0) is 31.4 Å². The Morgan fingerprint density at radius 1 is 1.36 bits per heavy atom.